The van der Waals surface area contributed by atoms with Crippen molar-refractivity contribution in [1.82, 2.24) is 19.7 Å². The summed E-state index contributed by atoms with van der Waals surface area (Å²) in [4.78, 5) is 9.34. The first-order valence-corrected chi connectivity index (χ1v) is 13.0. The number of hydrogen-bond acceptors (Lipinski definition) is 7. The lowest BCUT2D eigenvalue weighted by atomic mass is 10.2. The van der Waals surface area contributed by atoms with Crippen LogP contribution < -0.4 is 0 Å². The van der Waals surface area contributed by atoms with Crippen LogP contribution in [-0.2, 0) is 5.75 Å². The quantitative estimate of drug-likeness (QED) is 0.179. The van der Waals surface area contributed by atoms with E-state index >= 15 is 0 Å². The minimum Gasteiger partial charge on any atom is -0.239 e. The molecule has 0 unspecified atom stereocenters. The minimum atomic E-state index is 0.467. The molecule has 33 heavy (non-hydrogen) atoms. The topological polar surface area (TPSA) is 67.4 Å². The molecule has 162 valence electrons. The highest BCUT2D eigenvalue weighted by atomic mass is 35.5. The first-order chi connectivity index (χ1) is 16.1. The van der Waals surface area contributed by atoms with Gasteiger partial charge in [0.05, 0.1) is 32.9 Å². The average Bonchev–Trinajstić information content (AvgIpc) is 3.54. The lowest BCUT2D eigenvalue weighted by Gasteiger charge is -2.02. The van der Waals surface area contributed by atoms with Gasteiger partial charge in [0.15, 0.2) is 4.34 Å². The van der Waals surface area contributed by atoms with Gasteiger partial charge in [-0.25, -0.2) is 14.6 Å². The molecule has 0 aliphatic rings. The molecule has 0 N–H and O–H groups in total. The van der Waals surface area contributed by atoms with Crippen LogP contribution in [0.15, 0.2) is 64.3 Å². The number of fused-ring (bicyclic) bond motifs is 1. The van der Waals surface area contributed by atoms with Crippen molar-refractivity contribution in [1.29, 1.82) is 5.26 Å². The fourth-order valence-corrected chi connectivity index (χ4v) is 6.43. The Kier molecular flexibility index (Phi) is 6.29. The maximum absolute atomic E-state index is 9.81. The molecule has 0 atom stereocenters. The molecule has 0 fully saturated rings. The molecule has 9 heteroatoms. The van der Waals surface area contributed by atoms with Crippen LogP contribution in [0.25, 0.3) is 27.6 Å². The third kappa shape index (κ3) is 4.59. The Labute approximate surface area is 208 Å². The Morgan fingerprint density at radius 3 is 2.73 bits per heavy atom. The fraction of sp³-hybridized carbons (Fsp3) is 0.0833. The molecular weight excluding hydrogens is 490 g/mol. The Hall–Kier alpha value is -2.96. The third-order valence-corrected chi connectivity index (χ3v) is 8.36. The molecule has 0 spiro atoms. The first kappa shape index (κ1) is 21.9. The number of nitriles is 1. The van der Waals surface area contributed by atoms with Gasteiger partial charge in [-0.1, -0.05) is 53.7 Å². The van der Waals surface area contributed by atoms with Gasteiger partial charge in [-0.05, 0) is 37.3 Å². The SMILES string of the molecule is Cc1nn(-c2ccccc2)c(Cl)c1C=C(C#N)c1nc(CSc2nc3ccccc3s2)cs1. The molecule has 5 rings (SSSR count). The lowest BCUT2D eigenvalue weighted by molar-refractivity contribution is 0.863. The van der Waals surface area contributed by atoms with E-state index in [0.29, 0.717) is 21.5 Å². The zero-order valence-corrected chi connectivity index (χ0v) is 20.6. The number of hydrogen-bond donors (Lipinski definition) is 0. The number of halogens is 1. The zero-order chi connectivity index (χ0) is 22.8. The molecule has 0 radical (unpaired) electrons. The van der Waals surface area contributed by atoms with Crippen molar-refractivity contribution in [2.75, 3.05) is 0 Å². The van der Waals surface area contributed by atoms with Crippen molar-refractivity contribution >= 4 is 67.9 Å². The van der Waals surface area contributed by atoms with Crippen molar-refractivity contribution in [3.63, 3.8) is 0 Å². The van der Waals surface area contributed by atoms with Crippen LogP contribution in [0.5, 0.6) is 0 Å². The van der Waals surface area contributed by atoms with Crippen LogP contribution >= 0.6 is 46.0 Å². The van der Waals surface area contributed by atoms with Gasteiger partial charge in [-0.3, -0.25) is 0 Å². The van der Waals surface area contributed by atoms with E-state index in [2.05, 4.69) is 27.2 Å². The summed E-state index contributed by atoms with van der Waals surface area (Å²) in [5, 5.41) is 17.5. The highest BCUT2D eigenvalue weighted by Crippen LogP contribution is 2.33. The standard InChI is InChI=1S/C24H16ClN5S3/c1-15-19(22(25)30(29-15)18-7-3-2-4-8-18)11-16(12-26)23-27-17(13-31-23)14-32-24-28-20-9-5-6-10-21(20)33-24/h2-11,13H,14H2,1H3. The zero-order valence-electron chi connectivity index (χ0n) is 17.4. The number of aryl methyl sites for hydroxylation is 1. The number of aromatic nitrogens is 4. The molecule has 0 aliphatic carbocycles. The van der Waals surface area contributed by atoms with E-state index in [-0.39, 0.29) is 0 Å². The molecule has 0 amide bonds. The highest BCUT2D eigenvalue weighted by Gasteiger charge is 2.16. The second-order valence-corrected chi connectivity index (χ2v) is 10.6. The number of para-hydroxylation sites is 2. The second-order valence-electron chi connectivity index (χ2n) is 7.09. The van der Waals surface area contributed by atoms with Gasteiger partial charge in [0.1, 0.15) is 16.2 Å². The van der Waals surface area contributed by atoms with Crippen LogP contribution in [0.2, 0.25) is 5.15 Å². The van der Waals surface area contributed by atoms with E-state index in [4.69, 9.17) is 11.6 Å². The molecule has 0 saturated carbocycles. The number of nitrogens with zero attached hydrogens (tertiary/aromatic N) is 5. The van der Waals surface area contributed by atoms with Gasteiger partial charge < -0.3 is 0 Å². The molecule has 3 aromatic heterocycles. The van der Waals surface area contributed by atoms with Gasteiger partial charge >= 0.3 is 0 Å². The summed E-state index contributed by atoms with van der Waals surface area (Å²) in [5.74, 6) is 0.695. The van der Waals surface area contributed by atoms with E-state index in [9.17, 15) is 5.26 Å². The van der Waals surface area contributed by atoms with Crippen molar-refractivity contribution < 1.29 is 0 Å². The van der Waals surface area contributed by atoms with Crippen molar-refractivity contribution in [2.24, 2.45) is 0 Å². The van der Waals surface area contributed by atoms with Crippen molar-refractivity contribution in [3.8, 4) is 11.8 Å². The predicted octanol–water partition coefficient (Wildman–Crippen LogP) is 7.26. The van der Waals surface area contributed by atoms with E-state index < -0.39 is 0 Å². The summed E-state index contributed by atoms with van der Waals surface area (Å²) >= 11 is 11.4. The van der Waals surface area contributed by atoms with E-state index in [1.54, 1.807) is 33.9 Å². The highest BCUT2D eigenvalue weighted by molar-refractivity contribution is 8.00. The lowest BCUT2D eigenvalue weighted by Crippen LogP contribution is -1.95. The number of thioether (sulfide) groups is 1. The molecule has 3 heterocycles. The van der Waals surface area contributed by atoms with E-state index in [1.807, 2.05) is 60.8 Å². The number of thiazole rings is 2. The van der Waals surface area contributed by atoms with Crippen LogP contribution in [0.4, 0.5) is 0 Å². The smallest absolute Gasteiger partial charge is 0.151 e. The van der Waals surface area contributed by atoms with Gasteiger partial charge in [-0.15, -0.1) is 22.7 Å². The van der Waals surface area contributed by atoms with Crippen molar-refractivity contribution in [3.05, 3.63) is 87.1 Å². The Balaban J connectivity index is 1.37. The normalized spacial score (nSPS) is 11.7. The number of allylic oxidation sites excluding steroid dienone is 1. The molecule has 0 aliphatic heterocycles. The molecule has 0 saturated heterocycles. The molecule has 2 aromatic carbocycles. The summed E-state index contributed by atoms with van der Waals surface area (Å²) in [6.07, 6.45) is 1.77. The molecule has 5 aromatic rings. The summed E-state index contributed by atoms with van der Waals surface area (Å²) in [5.41, 5.74) is 4.74. The van der Waals surface area contributed by atoms with Gasteiger partial charge in [0.2, 0.25) is 0 Å². The summed E-state index contributed by atoms with van der Waals surface area (Å²) < 4.78 is 3.87. The third-order valence-electron chi connectivity index (χ3n) is 4.86. The predicted molar refractivity (Wildman–Crippen MR) is 138 cm³/mol. The molecule has 5 nitrogen and oxygen atoms in total. The van der Waals surface area contributed by atoms with Crippen LogP contribution in [0.3, 0.4) is 0 Å². The Morgan fingerprint density at radius 1 is 1.15 bits per heavy atom. The second kappa shape index (κ2) is 9.49. The monoisotopic (exact) mass is 505 g/mol. The Bertz CT molecular complexity index is 1480. The largest absolute Gasteiger partial charge is 0.239 e. The van der Waals surface area contributed by atoms with Crippen LogP contribution in [0, 0.1) is 18.3 Å². The minimum absolute atomic E-state index is 0.467. The molecular formula is C24H16ClN5S3. The summed E-state index contributed by atoms with van der Waals surface area (Å²) in [6.45, 7) is 1.88. The maximum Gasteiger partial charge on any atom is 0.151 e. The van der Waals surface area contributed by atoms with Gasteiger partial charge in [-0.2, -0.15) is 10.4 Å². The number of rotatable bonds is 6. The average molecular weight is 506 g/mol. The summed E-state index contributed by atoms with van der Waals surface area (Å²) in [7, 11) is 0. The fourth-order valence-electron chi connectivity index (χ4n) is 3.25. The van der Waals surface area contributed by atoms with E-state index in [1.165, 1.54) is 16.0 Å². The van der Waals surface area contributed by atoms with Crippen molar-refractivity contribution in [2.45, 2.75) is 17.0 Å². The molecule has 0 bridgehead atoms. The maximum atomic E-state index is 9.81. The Morgan fingerprint density at radius 2 is 1.94 bits per heavy atom. The van der Waals surface area contributed by atoms with Crippen LogP contribution in [-0.4, -0.2) is 19.7 Å². The first-order valence-electron chi connectivity index (χ1n) is 9.98. The van der Waals surface area contributed by atoms with Gasteiger partial charge in [0, 0.05) is 16.7 Å². The number of benzene rings is 2. The van der Waals surface area contributed by atoms with Gasteiger partial charge in [0.25, 0.3) is 0 Å². The van der Waals surface area contributed by atoms with Crippen LogP contribution in [0.1, 0.15) is 22.0 Å². The summed E-state index contributed by atoms with van der Waals surface area (Å²) in [6, 6.07) is 20.1. The van der Waals surface area contributed by atoms with E-state index in [0.717, 1.165) is 32.5 Å².